The molecule has 0 amide bonds. The predicted molar refractivity (Wildman–Crippen MR) is 161 cm³/mol. The summed E-state index contributed by atoms with van der Waals surface area (Å²) in [4.78, 5) is 32.2. The molecular weight excluding hydrogens is 631 g/mol. The number of thiazole rings is 1. The van der Waals surface area contributed by atoms with E-state index in [2.05, 4.69) is 20.9 Å². The van der Waals surface area contributed by atoms with E-state index in [0.29, 0.717) is 41.4 Å². The summed E-state index contributed by atoms with van der Waals surface area (Å²) in [6.07, 6.45) is 1.70. The molecule has 0 fully saturated rings. The van der Waals surface area contributed by atoms with Crippen LogP contribution in [0.3, 0.4) is 0 Å². The minimum absolute atomic E-state index is 0.179. The summed E-state index contributed by atoms with van der Waals surface area (Å²) in [5, 5.41) is 0.447. The second-order valence-electron chi connectivity index (χ2n) is 9.43. The predicted octanol–water partition coefficient (Wildman–Crippen LogP) is 6.24. The van der Waals surface area contributed by atoms with Crippen LogP contribution >= 0.6 is 38.9 Å². The molecule has 0 unspecified atom stereocenters. The summed E-state index contributed by atoms with van der Waals surface area (Å²) in [7, 11) is 0. The van der Waals surface area contributed by atoms with E-state index in [9.17, 15) is 14.0 Å². The summed E-state index contributed by atoms with van der Waals surface area (Å²) in [6, 6.07) is 16.4. The maximum absolute atomic E-state index is 14.0. The Kier molecular flexibility index (Phi) is 8.58. The number of benzene rings is 3. The topological polar surface area (TPSA) is 69.9 Å². The number of allylic oxidation sites excluding steroid dienone is 1. The van der Waals surface area contributed by atoms with Gasteiger partial charge in [-0.25, -0.2) is 14.2 Å². The quantitative estimate of drug-likeness (QED) is 0.221. The number of esters is 1. The number of carbonyl (C=O) groups is 1. The zero-order chi connectivity index (χ0) is 29.3. The molecule has 4 aromatic rings. The molecule has 6 nitrogen and oxygen atoms in total. The van der Waals surface area contributed by atoms with Crippen LogP contribution in [0, 0.1) is 12.7 Å². The molecule has 210 valence electrons. The van der Waals surface area contributed by atoms with Crippen LogP contribution in [0.4, 0.5) is 4.39 Å². The monoisotopic (exact) mass is 654 g/mol. The number of hydrogen-bond donors (Lipinski definition) is 0. The molecule has 0 saturated heterocycles. The van der Waals surface area contributed by atoms with Crippen LogP contribution in [-0.4, -0.2) is 17.1 Å². The number of rotatable bonds is 7. The second-order valence-corrected chi connectivity index (χ2v) is 11.7. The van der Waals surface area contributed by atoms with Gasteiger partial charge in [0, 0.05) is 10.6 Å². The van der Waals surface area contributed by atoms with Crippen molar-refractivity contribution in [2.45, 2.75) is 33.4 Å². The minimum atomic E-state index is -0.701. The summed E-state index contributed by atoms with van der Waals surface area (Å²) < 4.78 is 27.3. The lowest BCUT2D eigenvalue weighted by atomic mass is 9.95. The van der Waals surface area contributed by atoms with Gasteiger partial charge in [-0.15, -0.1) is 0 Å². The summed E-state index contributed by atoms with van der Waals surface area (Å²) in [6.45, 7) is 5.84. The summed E-state index contributed by atoms with van der Waals surface area (Å²) in [5.41, 5.74) is 3.69. The lowest BCUT2D eigenvalue weighted by Gasteiger charge is -2.24. The average Bonchev–Trinajstić information content (AvgIpc) is 3.23. The average molecular weight is 656 g/mol. The number of hydrogen-bond acceptors (Lipinski definition) is 6. The van der Waals surface area contributed by atoms with Crippen molar-refractivity contribution >= 4 is 50.9 Å². The van der Waals surface area contributed by atoms with Crippen LogP contribution in [0.5, 0.6) is 5.75 Å². The smallest absolute Gasteiger partial charge is 0.338 e. The van der Waals surface area contributed by atoms with Gasteiger partial charge in [0.1, 0.15) is 18.2 Å². The molecule has 0 saturated carbocycles. The molecule has 3 aromatic carbocycles. The number of ether oxygens (including phenoxy) is 2. The normalized spacial score (nSPS) is 15.0. The molecule has 0 bridgehead atoms. The van der Waals surface area contributed by atoms with E-state index < -0.39 is 12.0 Å². The Morgan fingerprint density at radius 3 is 2.54 bits per heavy atom. The van der Waals surface area contributed by atoms with Crippen LogP contribution in [0.15, 0.2) is 86.2 Å². The van der Waals surface area contributed by atoms with Crippen LogP contribution in [-0.2, 0) is 16.1 Å². The highest BCUT2D eigenvalue weighted by Crippen LogP contribution is 2.34. The lowest BCUT2D eigenvalue weighted by molar-refractivity contribution is -0.139. The maximum atomic E-state index is 14.0. The fourth-order valence-electron chi connectivity index (χ4n) is 4.57. The van der Waals surface area contributed by atoms with Crippen molar-refractivity contribution in [2.75, 3.05) is 6.61 Å². The van der Waals surface area contributed by atoms with Gasteiger partial charge in [-0.1, -0.05) is 64.9 Å². The van der Waals surface area contributed by atoms with Gasteiger partial charge in [-0.2, -0.15) is 0 Å². The summed E-state index contributed by atoms with van der Waals surface area (Å²) >= 11 is 11.1. The summed E-state index contributed by atoms with van der Waals surface area (Å²) in [5.74, 6) is -0.366. The third-order valence-corrected chi connectivity index (χ3v) is 8.32. The standard InChI is InChI=1S/C31H25BrClFN2O4S/c1-4-39-30(38)26-18(3)35-31-36(27(26)20-9-5-17(2)6-10-20)29(37)25(41-31)14-21-13-22(33)15-24(32)28(21)40-16-19-7-11-23(34)12-8-19/h5-15,27H,4,16H2,1-3H3/b25-14-/t27-/m1/s1. The molecule has 5 rings (SSSR count). The number of aromatic nitrogens is 1. The van der Waals surface area contributed by atoms with Gasteiger partial charge in [0.25, 0.3) is 5.56 Å². The van der Waals surface area contributed by atoms with E-state index in [0.717, 1.165) is 16.7 Å². The van der Waals surface area contributed by atoms with E-state index in [1.807, 2.05) is 31.2 Å². The van der Waals surface area contributed by atoms with Gasteiger partial charge in [-0.3, -0.25) is 9.36 Å². The van der Waals surface area contributed by atoms with Crippen molar-refractivity contribution < 1.29 is 18.7 Å². The molecule has 2 heterocycles. The minimum Gasteiger partial charge on any atom is -0.487 e. The molecular formula is C31H25BrClFN2O4S. The van der Waals surface area contributed by atoms with Crippen molar-refractivity contribution in [3.63, 3.8) is 0 Å². The number of nitrogens with zero attached hydrogens (tertiary/aromatic N) is 2. The number of halogens is 3. The zero-order valence-electron chi connectivity index (χ0n) is 22.4. The first-order chi connectivity index (χ1) is 19.7. The van der Waals surface area contributed by atoms with Gasteiger partial charge in [0.15, 0.2) is 4.80 Å². The molecule has 0 N–H and O–H groups in total. The Bertz CT molecular complexity index is 1850. The van der Waals surface area contributed by atoms with Crippen molar-refractivity contribution in [1.29, 1.82) is 0 Å². The van der Waals surface area contributed by atoms with E-state index in [1.165, 1.54) is 23.5 Å². The molecule has 0 radical (unpaired) electrons. The van der Waals surface area contributed by atoms with Gasteiger partial charge < -0.3 is 9.47 Å². The Balaban J connectivity index is 1.64. The molecule has 41 heavy (non-hydrogen) atoms. The Morgan fingerprint density at radius 1 is 1.15 bits per heavy atom. The lowest BCUT2D eigenvalue weighted by Crippen LogP contribution is -2.39. The molecule has 10 heteroatoms. The maximum Gasteiger partial charge on any atom is 0.338 e. The van der Waals surface area contributed by atoms with Gasteiger partial charge in [-0.05, 0) is 78.2 Å². The molecule has 0 aliphatic carbocycles. The second kappa shape index (κ2) is 12.1. The molecule has 0 spiro atoms. The first kappa shape index (κ1) is 29.0. The van der Waals surface area contributed by atoms with Crippen LogP contribution in [0.25, 0.3) is 6.08 Å². The van der Waals surface area contributed by atoms with Crippen molar-refractivity contribution in [1.82, 2.24) is 4.57 Å². The third kappa shape index (κ3) is 6.07. The fourth-order valence-corrected chi connectivity index (χ4v) is 6.56. The molecule has 1 aliphatic heterocycles. The number of aryl methyl sites for hydroxylation is 1. The highest BCUT2D eigenvalue weighted by Gasteiger charge is 2.33. The molecule has 1 aliphatic rings. The third-order valence-electron chi connectivity index (χ3n) is 6.53. The Labute approximate surface area is 253 Å². The SMILES string of the molecule is CCOC(=O)C1=C(C)N=c2s/c(=C\c3cc(Cl)cc(Br)c3OCc3ccc(F)cc3)c(=O)n2[C@@H]1c1ccc(C)cc1. The highest BCUT2D eigenvalue weighted by atomic mass is 79.9. The van der Waals surface area contributed by atoms with Gasteiger partial charge >= 0.3 is 5.97 Å². The van der Waals surface area contributed by atoms with Crippen LogP contribution in [0.1, 0.15) is 42.1 Å². The van der Waals surface area contributed by atoms with Crippen LogP contribution in [0.2, 0.25) is 5.02 Å². The fraction of sp³-hybridized carbons (Fsp3) is 0.194. The van der Waals surface area contributed by atoms with Crippen molar-refractivity contribution in [2.24, 2.45) is 4.99 Å². The van der Waals surface area contributed by atoms with E-state index >= 15 is 0 Å². The Morgan fingerprint density at radius 2 is 1.85 bits per heavy atom. The van der Waals surface area contributed by atoms with E-state index in [1.54, 1.807) is 48.8 Å². The molecule has 1 aromatic heterocycles. The zero-order valence-corrected chi connectivity index (χ0v) is 25.6. The van der Waals surface area contributed by atoms with Crippen molar-refractivity contribution in [3.8, 4) is 5.75 Å². The van der Waals surface area contributed by atoms with E-state index in [-0.39, 0.29) is 24.6 Å². The number of carbonyl (C=O) groups excluding carboxylic acids is 1. The Hall–Kier alpha value is -3.53. The first-order valence-corrected chi connectivity index (χ1v) is 14.8. The highest BCUT2D eigenvalue weighted by molar-refractivity contribution is 9.10. The first-order valence-electron chi connectivity index (χ1n) is 12.8. The van der Waals surface area contributed by atoms with Crippen LogP contribution < -0.4 is 19.6 Å². The van der Waals surface area contributed by atoms with Crippen molar-refractivity contribution in [3.05, 3.63) is 129 Å². The van der Waals surface area contributed by atoms with Gasteiger partial charge in [0.2, 0.25) is 0 Å². The number of fused-ring (bicyclic) bond motifs is 1. The van der Waals surface area contributed by atoms with Gasteiger partial charge in [0.05, 0.1) is 32.9 Å². The molecule has 1 atom stereocenters. The largest absolute Gasteiger partial charge is 0.487 e. The van der Waals surface area contributed by atoms with E-state index in [4.69, 9.17) is 21.1 Å².